The van der Waals surface area contributed by atoms with Crippen LogP contribution in [0, 0.1) is 5.92 Å². The highest BCUT2D eigenvalue weighted by molar-refractivity contribution is 7.88. The molecule has 0 bridgehead atoms. The quantitative estimate of drug-likeness (QED) is 0.716. The highest BCUT2D eigenvalue weighted by Gasteiger charge is 2.25. The molecule has 3 rings (SSSR count). The van der Waals surface area contributed by atoms with Gasteiger partial charge in [0.1, 0.15) is 0 Å². The average Bonchev–Trinajstić information content (AvgIpc) is 2.72. The highest BCUT2D eigenvalue weighted by Crippen LogP contribution is 2.23. The lowest BCUT2D eigenvalue weighted by atomic mass is 9.93. The molecule has 8 nitrogen and oxygen atoms in total. The topological polar surface area (TPSA) is 96.0 Å². The van der Waals surface area contributed by atoms with Crippen LogP contribution in [-0.4, -0.2) is 68.2 Å². The Morgan fingerprint density at radius 3 is 2.52 bits per heavy atom. The van der Waals surface area contributed by atoms with Crippen molar-refractivity contribution in [1.82, 2.24) is 14.5 Å². The van der Waals surface area contributed by atoms with Crippen LogP contribution in [0.1, 0.15) is 54.6 Å². The molecule has 31 heavy (non-hydrogen) atoms. The number of carbonyl (C=O) groups excluding carboxylic acids is 2. The lowest BCUT2D eigenvalue weighted by molar-refractivity contribution is 0.0648. The van der Waals surface area contributed by atoms with Crippen molar-refractivity contribution in [3.05, 3.63) is 34.9 Å². The number of carbonyl (C=O) groups is 2. The van der Waals surface area contributed by atoms with Gasteiger partial charge in [-0.25, -0.2) is 13.2 Å². The van der Waals surface area contributed by atoms with E-state index in [9.17, 15) is 18.0 Å². The van der Waals surface area contributed by atoms with Crippen LogP contribution in [0.3, 0.4) is 0 Å². The van der Waals surface area contributed by atoms with E-state index in [1.54, 1.807) is 11.0 Å². The van der Waals surface area contributed by atoms with Crippen molar-refractivity contribution in [3.63, 3.8) is 0 Å². The first kappa shape index (κ1) is 23.5. The van der Waals surface area contributed by atoms with Crippen LogP contribution < -0.4 is 5.32 Å². The molecule has 1 aromatic carbocycles. The lowest BCUT2D eigenvalue weighted by Gasteiger charge is -2.31. The van der Waals surface area contributed by atoms with E-state index in [0.717, 1.165) is 30.4 Å². The minimum Gasteiger partial charge on any atom is -0.447 e. The van der Waals surface area contributed by atoms with Crippen LogP contribution in [0.25, 0.3) is 0 Å². The van der Waals surface area contributed by atoms with E-state index in [2.05, 4.69) is 5.32 Å². The molecule has 2 heterocycles. The van der Waals surface area contributed by atoms with Gasteiger partial charge in [-0.05, 0) is 68.7 Å². The number of nitrogens with zero attached hydrogens (tertiary/aromatic N) is 2. The van der Waals surface area contributed by atoms with Gasteiger partial charge >= 0.3 is 6.09 Å². The zero-order valence-electron chi connectivity index (χ0n) is 18.6. The molecule has 1 fully saturated rings. The summed E-state index contributed by atoms with van der Waals surface area (Å²) in [6.07, 6.45) is 4.20. The number of sulfonamides is 1. The van der Waals surface area contributed by atoms with E-state index in [4.69, 9.17) is 4.74 Å². The Labute approximate surface area is 185 Å². The number of hydrogen-bond acceptors (Lipinski definition) is 5. The van der Waals surface area contributed by atoms with E-state index in [1.807, 2.05) is 26.0 Å². The maximum absolute atomic E-state index is 12.6. The fraction of sp³-hybridized carbons (Fsp3) is 0.636. The molecule has 9 heteroatoms. The number of benzene rings is 1. The first-order valence-electron chi connectivity index (χ1n) is 10.9. The van der Waals surface area contributed by atoms with Gasteiger partial charge in [0.05, 0.1) is 12.4 Å². The van der Waals surface area contributed by atoms with E-state index >= 15 is 0 Å². The second-order valence-electron chi connectivity index (χ2n) is 8.74. The van der Waals surface area contributed by atoms with Crippen molar-refractivity contribution >= 4 is 22.0 Å². The molecular formula is C22H33N3O5S. The van der Waals surface area contributed by atoms with Crippen molar-refractivity contribution < 1.29 is 22.7 Å². The Morgan fingerprint density at radius 1 is 1.16 bits per heavy atom. The van der Waals surface area contributed by atoms with Gasteiger partial charge in [-0.3, -0.25) is 4.79 Å². The number of nitrogens with one attached hydrogen (secondary N) is 1. The molecule has 2 amide bonds. The summed E-state index contributed by atoms with van der Waals surface area (Å²) in [7, 11) is -3.21. The fourth-order valence-corrected chi connectivity index (χ4v) is 4.92. The molecule has 0 unspecified atom stereocenters. The highest BCUT2D eigenvalue weighted by atomic mass is 32.2. The standard InChI is InChI=1S/C22H33N3O5S/c1-16(2)30-22(27)24-11-7-17(8-12-24)6-10-23-21(26)19-4-5-20-15-25(31(3,28)29)13-9-18(20)14-19/h4-5,14,16-17H,6-13,15H2,1-3H3,(H,23,26). The zero-order valence-corrected chi connectivity index (χ0v) is 19.4. The van der Waals surface area contributed by atoms with Gasteiger partial charge in [0, 0.05) is 38.3 Å². The van der Waals surface area contributed by atoms with Crippen LogP contribution in [0.2, 0.25) is 0 Å². The molecule has 2 aliphatic heterocycles. The smallest absolute Gasteiger partial charge is 0.410 e. The molecule has 0 aromatic heterocycles. The first-order valence-corrected chi connectivity index (χ1v) is 12.8. The molecule has 0 saturated carbocycles. The third kappa shape index (κ3) is 6.43. The first-order chi connectivity index (χ1) is 14.6. The summed E-state index contributed by atoms with van der Waals surface area (Å²) in [5.74, 6) is 0.375. The minimum absolute atomic E-state index is 0.105. The van der Waals surface area contributed by atoms with E-state index in [1.165, 1.54) is 10.6 Å². The zero-order chi connectivity index (χ0) is 22.6. The maximum atomic E-state index is 12.6. The van der Waals surface area contributed by atoms with Crippen LogP contribution in [-0.2, 0) is 27.7 Å². The van der Waals surface area contributed by atoms with Gasteiger partial charge in [-0.15, -0.1) is 0 Å². The molecule has 0 spiro atoms. The van der Waals surface area contributed by atoms with E-state index in [-0.39, 0.29) is 18.1 Å². The van der Waals surface area contributed by atoms with Gasteiger partial charge < -0.3 is 15.0 Å². The third-order valence-electron chi connectivity index (χ3n) is 5.96. The normalized spacial score (nSPS) is 18.0. The Balaban J connectivity index is 1.43. The summed E-state index contributed by atoms with van der Waals surface area (Å²) in [6, 6.07) is 5.50. The van der Waals surface area contributed by atoms with Gasteiger partial charge in [0.15, 0.2) is 0 Å². The lowest BCUT2D eigenvalue weighted by Crippen LogP contribution is -2.40. The molecule has 0 aliphatic carbocycles. The predicted molar refractivity (Wildman–Crippen MR) is 118 cm³/mol. The molecule has 0 atom stereocenters. The van der Waals surface area contributed by atoms with Crippen molar-refractivity contribution in [3.8, 4) is 0 Å². The van der Waals surface area contributed by atoms with Gasteiger partial charge in [-0.2, -0.15) is 4.31 Å². The largest absolute Gasteiger partial charge is 0.447 e. The molecule has 1 saturated heterocycles. The Kier molecular flexibility index (Phi) is 7.59. The third-order valence-corrected chi connectivity index (χ3v) is 7.21. The predicted octanol–water partition coefficient (Wildman–Crippen LogP) is 2.38. The number of fused-ring (bicyclic) bond motifs is 1. The molecule has 2 aliphatic rings. The summed E-state index contributed by atoms with van der Waals surface area (Å²) in [5.41, 5.74) is 2.60. The Hall–Kier alpha value is -2.13. The second kappa shape index (κ2) is 9.99. The summed E-state index contributed by atoms with van der Waals surface area (Å²) >= 11 is 0. The van der Waals surface area contributed by atoms with Crippen LogP contribution in [0.15, 0.2) is 18.2 Å². The summed E-state index contributed by atoms with van der Waals surface area (Å²) < 4.78 is 30.2. The maximum Gasteiger partial charge on any atom is 0.410 e. The second-order valence-corrected chi connectivity index (χ2v) is 10.7. The number of rotatable bonds is 6. The fourth-order valence-electron chi connectivity index (χ4n) is 4.12. The SMILES string of the molecule is CC(C)OC(=O)N1CCC(CCNC(=O)c2ccc3c(c2)CCN(S(C)(=O)=O)C3)CC1. The average molecular weight is 452 g/mol. The number of amides is 2. The molecular weight excluding hydrogens is 418 g/mol. The van der Waals surface area contributed by atoms with Gasteiger partial charge in [0.2, 0.25) is 10.0 Å². The van der Waals surface area contributed by atoms with Crippen LogP contribution in [0.4, 0.5) is 4.79 Å². The Morgan fingerprint density at radius 2 is 1.87 bits per heavy atom. The number of ether oxygens (including phenoxy) is 1. The minimum atomic E-state index is -3.21. The monoisotopic (exact) mass is 451 g/mol. The van der Waals surface area contributed by atoms with Gasteiger partial charge in [-0.1, -0.05) is 6.07 Å². The van der Waals surface area contributed by atoms with Crippen molar-refractivity contribution in [2.75, 3.05) is 32.4 Å². The number of piperidine rings is 1. The van der Waals surface area contributed by atoms with Crippen molar-refractivity contribution in [1.29, 1.82) is 0 Å². The summed E-state index contributed by atoms with van der Waals surface area (Å²) in [5, 5.41) is 3.00. The van der Waals surface area contributed by atoms with Crippen molar-refractivity contribution in [2.24, 2.45) is 5.92 Å². The number of likely N-dealkylation sites (tertiary alicyclic amines) is 1. The molecule has 172 valence electrons. The molecule has 1 aromatic rings. The van der Waals surface area contributed by atoms with Crippen LogP contribution >= 0.6 is 0 Å². The Bertz CT molecular complexity index is 908. The summed E-state index contributed by atoms with van der Waals surface area (Å²) in [6.45, 7) is 6.48. The van der Waals surface area contributed by atoms with E-state index < -0.39 is 10.0 Å². The van der Waals surface area contributed by atoms with Crippen molar-refractivity contribution in [2.45, 2.75) is 52.2 Å². The van der Waals surface area contributed by atoms with Gasteiger partial charge in [0.25, 0.3) is 5.91 Å². The van der Waals surface area contributed by atoms with E-state index in [0.29, 0.717) is 50.6 Å². The van der Waals surface area contributed by atoms with Crippen LogP contribution in [0.5, 0.6) is 0 Å². The molecule has 1 N–H and O–H groups in total. The molecule has 0 radical (unpaired) electrons. The number of hydrogen-bond donors (Lipinski definition) is 1. The summed E-state index contributed by atoms with van der Waals surface area (Å²) in [4.78, 5) is 26.3.